The number of hydrogen-bond acceptors (Lipinski definition) is 5. The van der Waals surface area contributed by atoms with E-state index in [1.165, 1.54) is 18.2 Å². The van der Waals surface area contributed by atoms with Crippen LogP contribution in [0.4, 0.5) is 5.69 Å². The third-order valence-corrected chi connectivity index (χ3v) is 2.69. The highest BCUT2D eigenvalue weighted by Crippen LogP contribution is 2.35. The van der Waals surface area contributed by atoms with Gasteiger partial charge in [-0.3, -0.25) is 20.3 Å². The van der Waals surface area contributed by atoms with Crippen molar-refractivity contribution >= 4 is 23.2 Å². The molecule has 0 aliphatic heterocycles. The molecule has 0 saturated carbocycles. The normalized spacial score (nSPS) is 12.1. The Morgan fingerprint density at radius 1 is 1.53 bits per heavy atom. The van der Waals surface area contributed by atoms with Crippen molar-refractivity contribution in [2.75, 3.05) is 0 Å². The molecule has 1 atom stereocenters. The number of carbonyl (C=O) groups is 1. The predicted molar refractivity (Wildman–Crippen MR) is 69.7 cm³/mol. The van der Waals surface area contributed by atoms with E-state index in [2.05, 4.69) is 0 Å². The van der Waals surface area contributed by atoms with Crippen LogP contribution in [0.5, 0.6) is 5.75 Å². The number of carbonyl (C=O) groups excluding carboxylic acids is 1. The molecule has 19 heavy (non-hydrogen) atoms. The highest BCUT2D eigenvalue weighted by Gasteiger charge is 2.28. The van der Waals surface area contributed by atoms with Gasteiger partial charge in [-0.2, -0.15) is 0 Å². The van der Waals surface area contributed by atoms with Crippen molar-refractivity contribution in [3.05, 3.63) is 33.3 Å². The van der Waals surface area contributed by atoms with E-state index in [0.717, 1.165) is 0 Å². The summed E-state index contributed by atoms with van der Waals surface area (Å²) in [4.78, 5) is 21.9. The highest BCUT2D eigenvalue weighted by molar-refractivity contribution is 6.32. The standard InChI is InChI=1S/C11H14ClN3O4/c1-6(2)9(11(16)14-13)19-10-7(12)4-3-5-8(10)15(17)18/h3-6,9H,13H2,1-2H3,(H,14,16). The molecule has 0 spiro atoms. The molecule has 3 N–H and O–H groups in total. The Bertz CT molecular complexity index is 493. The molecule has 0 saturated heterocycles. The average molecular weight is 288 g/mol. The van der Waals surface area contributed by atoms with E-state index in [0.29, 0.717) is 0 Å². The van der Waals surface area contributed by atoms with Gasteiger partial charge in [0.05, 0.1) is 9.95 Å². The van der Waals surface area contributed by atoms with Crippen LogP contribution in [0.2, 0.25) is 5.02 Å². The maximum Gasteiger partial charge on any atom is 0.312 e. The third-order valence-electron chi connectivity index (χ3n) is 2.39. The van der Waals surface area contributed by atoms with Gasteiger partial charge in [0, 0.05) is 6.07 Å². The number of ether oxygens (including phenoxy) is 1. The molecule has 0 bridgehead atoms. The molecule has 1 aromatic rings. The van der Waals surface area contributed by atoms with Gasteiger partial charge in [-0.25, -0.2) is 5.84 Å². The zero-order valence-corrected chi connectivity index (χ0v) is 11.2. The van der Waals surface area contributed by atoms with Crippen LogP contribution in [0.3, 0.4) is 0 Å². The second-order valence-electron chi connectivity index (χ2n) is 4.14. The van der Waals surface area contributed by atoms with Crippen LogP contribution in [0.15, 0.2) is 18.2 Å². The molecule has 1 rings (SSSR count). The summed E-state index contributed by atoms with van der Waals surface area (Å²) in [6.45, 7) is 3.45. The Hall–Kier alpha value is -1.86. The molecule has 1 aromatic carbocycles. The van der Waals surface area contributed by atoms with Crippen LogP contribution >= 0.6 is 11.6 Å². The summed E-state index contributed by atoms with van der Waals surface area (Å²) in [6, 6.07) is 4.13. The lowest BCUT2D eigenvalue weighted by Gasteiger charge is -2.21. The van der Waals surface area contributed by atoms with E-state index in [4.69, 9.17) is 22.2 Å². The first-order valence-corrected chi connectivity index (χ1v) is 5.86. The van der Waals surface area contributed by atoms with Gasteiger partial charge in [0.2, 0.25) is 5.75 Å². The number of nitrogens with one attached hydrogen (secondary N) is 1. The lowest BCUT2D eigenvalue weighted by atomic mass is 10.1. The first kappa shape index (κ1) is 15.2. The summed E-state index contributed by atoms with van der Waals surface area (Å²) in [5.41, 5.74) is 1.66. The summed E-state index contributed by atoms with van der Waals surface area (Å²) < 4.78 is 5.39. The Balaban J connectivity index is 3.16. The topological polar surface area (TPSA) is 107 Å². The maximum absolute atomic E-state index is 11.6. The maximum atomic E-state index is 11.6. The van der Waals surface area contributed by atoms with Gasteiger partial charge in [0.15, 0.2) is 6.10 Å². The Kier molecular flexibility index (Phi) is 5.08. The Morgan fingerprint density at radius 3 is 2.63 bits per heavy atom. The van der Waals surface area contributed by atoms with Crippen molar-refractivity contribution in [3.8, 4) is 5.75 Å². The fraction of sp³-hybridized carbons (Fsp3) is 0.364. The largest absolute Gasteiger partial charge is 0.472 e. The molecule has 0 heterocycles. The fourth-order valence-electron chi connectivity index (χ4n) is 1.46. The van der Waals surface area contributed by atoms with E-state index < -0.39 is 16.9 Å². The lowest BCUT2D eigenvalue weighted by molar-refractivity contribution is -0.386. The number of benzene rings is 1. The molecule has 0 radical (unpaired) electrons. The molecule has 1 amide bonds. The van der Waals surface area contributed by atoms with Crippen molar-refractivity contribution in [2.24, 2.45) is 11.8 Å². The van der Waals surface area contributed by atoms with Gasteiger partial charge >= 0.3 is 5.69 Å². The van der Waals surface area contributed by atoms with Crippen LogP contribution in [0.25, 0.3) is 0 Å². The zero-order valence-electron chi connectivity index (χ0n) is 10.4. The molecule has 1 unspecified atom stereocenters. The summed E-state index contributed by atoms with van der Waals surface area (Å²) in [7, 11) is 0. The smallest absolute Gasteiger partial charge is 0.312 e. The number of rotatable bonds is 5. The monoisotopic (exact) mass is 287 g/mol. The summed E-state index contributed by atoms with van der Waals surface area (Å²) >= 11 is 5.88. The van der Waals surface area contributed by atoms with E-state index in [9.17, 15) is 14.9 Å². The molecular weight excluding hydrogens is 274 g/mol. The average Bonchev–Trinajstić information content (AvgIpc) is 2.35. The number of hydrogen-bond donors (Lipinski definition) is 2. The van der Waals surface area contributed by atoms with Crippen molar-refractivity contribution in [3.63, 3.8) is 0 Å². The van der Waals surface area contributed by atoms with Crippen LogP contribution in [0.1, 0.15) is 13.8 Å². The fourth-order valence-corrected chi connectivity index (χ4v) is 1.67. The van der Waals surface area contributed by atoms with E-state index >= 15 is 0 Å². The number of halogens is 1. The van der Waals surface area contributed by atoms with Gasteiger partial charge in [-0.15, -0.1) is 0 Å². The van der Waals surface area contributed by atoms with Crippen molar-refractivity contribution < 1.29 is 14.5 Å². The quantitative estimate of drug-likeness (QED) is 0.370. The molecule has 104 valence electrons. The summed E-state index contributed by atoms with van der Waals surface area (Å²) in [5, 5.41) is 11.0. The van der Waals surface area contributed by atoms with Gasteiger partial charge in [-0.1, -0.05) is 31.5 Å². The van der Waals surface area contributed by atoms with Gasteiger partial charge < -0.3 is 4.74 Å². The van der Waals surface area contributed by atoms with Crippen molar-refractivity contribution in [2.45, 2.75) is 20.0 Å². The van der Waals surface area contributed by atoms with Crippen molar-refractivity contribution in [1.29, 1.82) is 0 Å². The Morgan fingerprint density at radius 2 is 2.16 bits per heavy atom. The number of para-hydroxylation sites is 1. The minimum Gasteiger partial charge on any atom is -0.472 e. The molecular formula is C11H14ClN3O4. The predicted octanol–water partition coefficient (Wildman–Crippen LogP) is 1.64. The first-order chi connectivity index (χ1) is 8.88. The van der Waals surface area contributed by atoms with Gasteiger partial charge in [-0.05, 0) is 12.0 Å². The van der Waals surface area contributed by atoms with Crippen molar-refractivity contribution in [1.82, 2.24) is 5.43 Å². The first-order valence-electron chi connectivity index (χ1n) is 5.48. The molecule has 0 aromatic heterocycles. The molecule has 0 aliphatic carbocycles. The van der Waals surface area contributed by atoms with Crippen LogP contribution in [-0.2, 0) is 4.79 Å². The SMILES string of the molecule is CC(C)C(Oc1c(Cl)cccc1[N+](=O)[O-])C(=O)NN. The second kappa shape index (κ2) is 6.35. The minimum atomic E-state index is -0.969. The highest BCUT2D eigenvalue weighted by atomic mass is 35.5. The molecule has 8 heteroatoms. The van der Waals surface area contributed by atoms with Crippen LogP contribution in [-0.4, -0.2) is 16.9 Å². The minimum absolute atomic E-state index is 0.0599. The Labute approximate surface area is 114 Å². The van der Waals surface area contributed by atoms with Gasteiger partial charge in [0.1, 0.15) is 0 Å². The van der Waals surface area contributed by atoms with E-state index in [-0.39, 0.29) is 22.4 Å². The lowest BCUT2D eigenvalue weighted by Crippen LogP contribution is -2.44. The molecule has 7 nitrogen and oxygen atoms in total. The zero-order chi connectivity index (χ0) is 14.6. The number of hydrazine groups is 1. The van der Waals surface area contributed by atoms with Crippen LogP contribution < -0.4 is 16.0 Å². The molecule has 0 aliphatic rings. The summed E-state index contributed by atoms with van der Waals surface area (Å²) in [6.07, 6.45) is -0.969. The third kappa shape index (κ3) is 3.55. The number of nitrogens with two attached hydrogens (primary N) is 1. The second-order valence-corrected chi connectivity index (χ2v) is 4.54. The van der Waals surface area contributed by atoms with Gasteiger partial charge in [0.25, 0.3) is 5.91 Å². The van der Waals surface area contributed by atoms with Crippen LogP contribution in [0, 0.1) is 16.0 Å². The number of nitrogens with zero attached hydrogens (tertiary/aromatic N) is 1. The number of nitro groups is 1. The number of amides is 1. The van der Waals surface area contributed by atoms with E-state index in [1.807, 2.05) is 5.43 Å². The number of nitro benzene ring substituents is 1. The molecule has 0 fully saturated rings. The van der Waals surface area contributed by atoms with E-state index in [1.54, 1.807) is 13.8 Å². The summed E-state index contributed by atoms with van der Waals surface area (Å²) in [5.74, 6) is 4.10.